The zero-order chi connectivity index (χ0) is 57.8. The maximum atomic E-state index is 15.1. The molecule has 0 radical (unpaired) electrons. The summed E-state index contributed by atoms with van der Waals surface area (Å²) in [7, 11) is 0. The molecule has 2 N–H and O–H groups in total. The molecule has 4 aromatic carbocycles. The topological polar surface area (TPSA) is 163 Å². The first kappa shape index (κ1) is 56.1. The van der Waals surface area contributed by atoms with Gasteiger partial charge >= 0.3 is 23.9 Å². The van der Waals surface area contributed by atoms with E-state index in [0.717, 1.165) is 89.0 Å². The molecule has 2 aliphatic rings. The minimum Gasteiger partial charge on any atom is -0.462 e. The van der Waals surface area contributed by atoms with Gasteiger partial charge in [-0.1, -0.05) is 70.8 Å². The van der Waals surface area contributed by atoms with Crippen LogP contribution in [-0.2, 0) is 28.5 Å². The monoisotopic (exact) mass is 1070 g/mol. The van der Waals surface area contributed by atoms with Crippen molar-refractivity contribution in [1.82, 2.24) is 19.9 Å². The number of fused-ring (bicyclic) bond motifs is 8. The quantitative estimate of drug-likeness (QED) is 0.0889. The molecule has 3 aromatic heterocycles. The predicted octanol–water partition coefficient (Wildman–Crippen LogP) is 14.7. The van der Waals surface area contributed by atoms with Crippen molar-refractivity contribution in [2.45, 2.75) is 111 Å². The summed E-state index contributed by atoms with van der Waals surface area (Å²) in [4.78, 5) is 78.4. The van der Waals surface area contributed by atoms with E-state index in [1.54, 1.807) is 52.0 Å². The molecule has 80 heavy (non-hydrogen) atoms. The van der Waals surface area contributed by atoms with E-state index >= 15 is 19.2 Å². The fourth-order valence-corrected chi connectivity index (χ4v) is 12.4. The summed E-state index contributed by atoms with van der Waals surface area (Å²) in [6, 6.07) is 23.7. The molecular formula is C68H70N4O8. The van der Waals surface area contributed by atoms with Crippen LogP contribution in [0.5, 0.6) is 0 Å². The lowest BCUT2D eigenvalue weighted by Crippen LogP contribution is -2.09. The summed E-state index contributed by atoms with van der Waals surface area (Å²) < 4.78 is 24.0. The number of aromatic amines is 2. The minimum absolute atomic E-state index is 0.0708. The van der Waals surface area contributed by atoms with Crippen LogP contribution < -0.4 is 0 Å². The van der Waals surface area contributed by atoms with Gasteiger partial charge < -0.3 is 28.9 Å². The van der Waals surface area contributed by atoms with Crippen molar-refractivity contribution in [2.24, 2.45) is 0 Å². The Balaban J connectivity index is 1.65. The highest BCUT2D eigenvalue weighted by Gasteiger charge is 2.35. The number of rotatable bonds is 12. The van der Waals surface area contributed by atoms with Crippen LogP contribution in [0.3, 0.4) is 0 Å². The van der Waals surface area contributed by atoms with E-state index in [-0.39, 0.29) is 60.1 Å². The van der Waals surface area contributed by atoms with Crippen molar-refractivity contribution in [2.75, 3.05) is 26.4 Å². The SMILES string of the molecule is CCOC(=O)C1=C(c2c(C)cc(C)cc2C)c2cc3[nH]c(cc4nc(cc5[nH]c(cc1n2)c(-c1c(C)cc(C)cc1C)c5C(=O)OCC)C(c1c(C)cc(C)cc1C)=C4C(=O)OCC)c(-c1c(C)cc(C)cc1C)c3C(=O)OCC. The first-order valence-corrected chi connectivity index (χ1v) is 27.4. The zero-order valence-corrected chi connectivity index (χ0v) is 48.9. The number of hydrogen-bond donors (Lipinski definition) is 2. The van der Waals surface area contributed by atoms with Crippen LogP contribution in [0, 0.1) is 83.1 Å². The number of benzene rings is 4. The largest absolute Gasteiger partial charge is 0.462 e. The van der Waals surface area contributed by atoms with Crippen LogP contribution in [0.1, 0.15) is 149 Å². The highest BCUT2D eigenvalue weighted by atomic mass is 16.5. The molecule has 2 aliphatic heterocycles. The Kier molecular flexibility index (Phi) is 15.6. The van der Waals surface area contributed by atoms with Crippen LogP contribution in [0.25, 0.3) is 66.6 Å². The van der Waals surface area contributed by atoms with Crippen LogP contribution >= 0.6 is 0 Å². The highest BCUT2D eigenvalue weighted by molar-refractivity contribution is 6.29. The first-order chi connectivity index (χ1) is 38.1. The van der Waals surface area contributed by atoms with Crippen LogP contribution in [0.15, 0.2) is 72.8 Å². The number of carbonyl (C=O) groups excluding carboxylic acids is 4. The fourth-order valence-electron chi connectivity index (χ4n) is 12.4. The maximum absolute atomic E-state index is 15.1. The molecule has 410 valence electrons. The van der Waals surface area contributed by atoms with Crippen LogP contribution in [-0.4, -0.2) is 70.2 Å². The zero-order valence-electron chi connectivity index (χ0n) is 48.9. The first-order valence-electron chi connectivity index (χ1n) is 27.4. The molecule has 5 heterocycles. The van der Waals surface area contributed by atoms with Gasteiger partial charge in [0.2, 0.25) is 0 Å². The number of H-pyrrole nitrogens is 2. The van der Waals surface area contributed by atoms with E-state index in [9.17, 15) is 0 Å². The van der Waals surface area contributed by atoms with Gasteiger partial charge in [0.25, 0.3) is 0 Å². The molecule has 0 unspecified atom stereocenters. The molecule has 12 nitrogen and oxygen atoms in total. The summed E-state index contributed by atoms with van der Waals surface area (Å²) in [5, 5.41) is 0. The highest BCUT2D eigenvalue weighted by Crippen LogP contribution is 2.46. The smallest absolute Gasteiger partial charge is 0.341 e. The Labute approximate surface area is 468 Å². The Hall–Kier alpha value is -8.64. The van der Waals surface area contributed by atoms with Gasteiger partial charge in [0, 0.05) is 33.3 Å². The number of ether oxygens (including phenoxy) is 4. The van der Waals surface area contributed by atoms with Crippen molar-refractivity contribution < 1.29 is 38.1 Å². The molecule has 0 spiro atoms. The molecule has 0 amide bonds. The summed E-state index contributed by atoms with van der Waals surface area (Å²) in [6.45, 7) is 31.5. The van der Waals surface area contributed by atoms with Crippen molar-refractivity contribution >= 4 is 68.2 Å². The Morgan fingerprint density at radius 3 is 0.850 bits per heavy atom. The number of hydrogen-bond acceptors (Lipinski definition) is 10. The number of carbonyl (C=O) groups is 4. The third-order valence-electron chi connectivity index (χ3n) is 14.9. The average molecular weight is 1070 g/mol. The van der Waals surface area contributed by atoms with Gasteiger partial charge in [-0.15, -0.1) is 0 Å². The average Bonchev–Trinajstić information content (AvgIpc) is 4.09. The number of nitrogens with zero attached hydrogens (tertiary/aromatic N) is 2. The van der Waals surface area contributed by atoms with Gasteiger partial charge in [0.15, 0.2) is 0 Å². The van der Waals surface area contributed by atoms with E-state index in [2.05, 4.69) is 58.5 Å². The second-order valence-corrected chi connectivity index (χ2v) is 21.2. The van der Waals surface area contributed by atoms with Crippen molar-refractivity contribution in [3.05, 3.63) is 185 Å². The Morgan fingerprint density at radius 1 is 0.325 bits per heavy atom. The number of nitrogens with one attached hydrogen (secondary N) is 2. The molecule has 9 rings (SSSR count). The summed E-state index contributed by atoms with van der Waals surface area (Å²) in [5.74, 6) is -2.43. The third-order valence-corrected chi connectivity index (χ3v) is 14.9. The van der Waals surface area contributed by atoms with E-state index in [1.807, 2.05) is 83.1 Å². The molecule has 7 aromatic rings. The van der Waals surface area contributed by atoms with Gasteiger partial charge in [-0.3, -0.25) is 0 Å². The van der Waals surface area contributed by atoms with E-state index in [1.165, 1.54) is 0 Å². The van der Waals surface area contributed by atoms with Crippen molar-refractivity contribution in [3.8, 4) is 22.3 Å². The molecular weight excluding hydrogens is 1000 g/mol. The van der Waals surface area contributed by atoms with E-state index in [0.29, 0.717) is 55.7 Å². The normalized spacial score (nSPS) is 12.3. The van der Waals surface area contributed by atoms with Crippen molar-refractivity contribution in [1.29, 1.82) is 0 Å². The number of aryl methyl sites for hydroxylation is 12. The van der Waals surface area contributed by atoms with Gasteiger partial charge in [-0.05, 0) is 202 Å². The van der Waals surface area contributed by atoms with Gasteiger partial charge in [-0.2, -0.15) is 0 Å². The summed E-state index contributed by atoms with van der Waals surface area (Å²) in [5.41, 5.74) is 19.9. The molecule has 0 atom stereocenters. The third kappa shape index (κ3) is 10.1. The minimum atomic E-state index is -0.614. The second kappa shape index (κ2) is 22.2. The lowest BCUT2D eigenvalue weighted by molar-refractivity contribution is -0.136. The molecule has 0 saturated heterocycles. The van der Waals surface area contributed by atoms with Gasteiger partial charge in [0.1, 0.15) is 0 Å². The fraction of sp³-hybridized carbons (Fsp3) is 0.294. The standard InChI is InChI=1S/C68H70N4O8/c1-17-77-65(73)61-49-29-46-58(54-39(11)23-34(6)24-40(54)12)63(67(75)79-19-3)51(70-46)31-48-60(56-43(15)27-36(8)28-44(56)16)64(68(76)80-20-4)52(72-48)32-47-59(55-41(13)25-35(7)26-42(55)14)62(66(74)78-18-2)50(71-47)30-45(69-49)57(61)53-37(9)21-33(5)22-38(53)10/h21-32,69,72H,17-20H2,1-16H3. The summed E-state index contributed by atoms with van der Waals surface area (Å²) >= 11 is 0. The van der Waals surface area contributed by atoms with Gasteiger partial charge in [0.05, 0.1) is 82.5 Å². The Morgan fingerprint density at radius 2 is 0.575 bits per heavy atom. The maximum Gasteiger partial charge on any atom is 0.341 e. The molecule has 12 heteroatoms. The Bertz CT molecular complexity index is 3700. The number of esters is 4. The van der Waals surface area contributed by atoms with E-state index in [4.69, 9.17) is 28.9 Å². The molecule has 0 fully saturated rings. The molecule has 8 bridgehead atoms. The molecule has 0 aliphatic carbocycles. The van der Waals surface area contributed by atoms with Crippen LogP contribution in [0.4, 0.5) is 0 Å². The van der Waals surface area contributed by atoms with Crippen LogP contribution in [0.2, 0.25) is 0 Å². The molecule has 0 saturated carbocycles. The number of aromatic nitrogens is 4. The van der Waals surface area contributed by atoms with E-state index < -0.39 is 23.9 Å². The lowest BCUT2D eigenvalue weighted by atomic mass is 9.88. The lowest BCUT2D eigenvalue weighted by Gasteiger charge is -2.15. The predicted molar refractivity (Wildman–Crippen MR) is 319 cm³/mol. The second-order valence-electron chi connectivity index (χ2n) is 21.2. The summed E-state index contributed by atoms with van der Waals surface area (Å²) in [6.07, 6.45) is 0. The van der Waals surface area contributed by atoms with Gasteiger partial charge in [-0.25, -0.2) is 29.1 Å². The van der Waals surface area contributed by atoms with Crippen molar-refractivity contribution in [3.63, 3.8) is 0 Å².